The third-order valence-corrected chi connectivity index (χ3v) is 6.54. The molecule has 0 saturated carbocycles. The van der Waals surface area contributed by atoms with E-state index in [0.717, 1.165) is 12.3 Å². The lowest BCUT2D eigenvalue weighted by molar-refractivity contribution is -0.175. The van der Waals surface area contributed by atoms with Crippen LogP contribution in [0.25, 0.3) is 6.08 Å². The molecule has 2 aromatic rings. The summed E-state index contributed by atoms with van der Waals surface area (Å²) in [5.41, 5.74) is -0.685. The second-order valence-corrected chi connectivity index (χ2v) is 9.89. The molecule has 0 aliphatic carbocycles. The second-order valence-electron chi connectivity index (χ2n) is 8.01. The maximum Gasteiger partial charge on any atom is 0.348 e. The summed E-state index contributed by atoms with van der Waals surface area (Å²) >= 11 is 0. The van der Waals surface area contributed by atoms with Gasteiger partial charge in [0.05, 0.1) is 39.8 Å². The lowest BCUT2D eigenvalue weighted by Gasteiger charge is -2.25. The summed E-state index contributed by atoms with van der Waals surface area (Å²) < 4.78 is 52.1. The molecule has 0 fully saturated rings. The predicted molar refractivity (Wildman–Crippen MR) is 132 cm³/mol. The van der Waals surface area contributed by atoms with Gasteiger partial charge in [-0.25, -0.2) is 13.2 Å². The molecule has 0 bridgehead atoms. The van der Waals surface area contributed by atoms with Gasteiger partial charge >= 0.3 is 11.9 Å². The average Bonchev–Trinajstić information content (AvgIpc) is 2.81. The standard InChI is InChI=1S/C25H30O10S/c1-16(26)35-25(2,24(27)28)14-18-11-17(7-8-21(18)32-4)15-36(29,30)10-9-20-22(33-5)12-19(31-3)13-23(20)34-6/h7-13H,14-15H2,1-6H3,(H,27,28). The molecule has 0 heterocycles. The van der Waals surface area contributed by atoms with Crippen LogP contribution in [-0.4, -0.2) is 59.5 Å². The van der Waals surface area contributed by atoms with Gasteiger partial charge in [-0.1, -0.05) is 12.1 Å². The van der Waals surface area contributed by atoms with Crippen LogP contribution in [0.5, 0.6) is 23.0 Å². The normalized spacial score (nSPS) is 13.1. The summed E-state index contributed by atoms with van der Waals surface area (Å²) in [6.07, 6.45) is 1.15. The summed E-state index contributed by atoms with van der Waals surface area (Å²) in [5, 5.41) is 10.7. The summed E-state index contributed by atoms with van der Waals surface area (Å²) in [7, 11) is 2.00. The Morgan fingerprint density at radius 1 is 0.944 bits per heavy atom. The van der Waals surface area contributed by atoms with E-state index in [0.29, 0.717) is 39.7 Å². The van der Waals surface area contributed by atoms with Crippen LogP contribution in [0.1, 0.15) is 30.5 Å². The van der Waals surface area contributed by atoms with Gasteiger partial charge in [-0.05, 0) is 30.2 Å². The number of methoxy groups -OCH3 is 4. The number of carbonyl (C=O) groups is 2. The predicted octanol–water partition coefficient (Wildman–Crippen LogP) is 3.26. The number of rotatable bonds is 12. The van der Waals surface area contributed by atoms with Crippen molar-refractivity contribution < 1.29 is 46.8 Å². The first kappa shape index (κ1) is 28.5. The molecule has 0 spiro atoms. The van der Waals surface area contributed by atoms with Crippen LogP contribution in [0.4, 0.5) is 0 Å². The molecule has 0 saturated heterocycles. The molecular formula is C25H30O10S. The third kappa shape index (κ3) is 7.14. The zero-order valence-electron chi connectivity index (χ0n) is 21.0. The largest absolute Gasteiger partial charge is 0.496 e. The monoisotopic (exact) mass is 522 g/mol. The Morgan fingerprint density at radius 2 is 1.53 bits per heavy atom. The van der Waals surface area contributed by atoms with Gasteiger partial charge in [0, 0.05) is 30.9 Å². The Kier molecular flexibility index (Phi) is 9.35. The van der Waals surface area contributed by atoms with E-state index >= 15 is 0 Å². The summed E-state index contributed by atoms with van der Waals surface area (Å²) in [6.45, 7) is 2.37. The van der Waals surface area contributed by atoms with Crippen LogP contribution in [0.15, 0.2) is 35.7 Å². The number of hydrogen-bond donors (Lipinski definition) is 1. The van der Waals surface area contributed by atoms with Gasteiger partial charge < -0.3 is 28.8 Å². The van der Waals surface area contributed by atoms with Gasteiger partial charge in [0.15, 0.2) is 9.84 Å². The van der Waals surface area contributed by atoms with E-state index in [2.05, 4.69) is 0 Å². The van der Waals surface area contributed by atoms with Crippen molar-refractivity contribution >= 4 is 27.9 Å². The Morgan fingerprint density at radius 3 is 2.00 bits per heavy atom. The molecule has 10 nitrogen and oxygen atoms in total. The quantitative estimate of drug-likeness (QED) is 0.414. The molecule has 11 heteroatoms. The number of benzene rings is 2. The first-order chi connectivity index (χ1) is 16.9. The van der Waals surface area contributed by atoms with Crippen LogP contribution in [-0.2, 0) is 36.3 Å². The van der Waals surface area contributed by atoms with E-state index in [1.54, 1.807) is 18.2 Å². The Balaban J connectivity index is 2.39. The summed E-state index contributed by atoms with van der Waals surface area (Å²) in [6, 6.07) is 7.82. The molecule has 36 heavy (non-hydrogen) atoms. The zero-order chi connectivity index (χ0) is 27.1. The van der Waals surface area contributed by atoms with E-state index in [1.165, 1.54) is 53.6 Å². The van der Waals surface area contributed by atoms with Crippen molar-refractivity contribution in [1.29, 1.82) is 0 Å². The van der Waals surface area contributed by atoms with Crippen molar-refractivity contribution in [3.8, 4) is 23.0 Å². The SMILES string of the molecule is COc1cc(OC)c(C=CS(=O)(=O)Cc2ccc(OC)c(CC(C)(OC(C)=O)C(=O)O)c2)c(OC)c1. The fourth-order valence-electron chi connectivity index (χ4n) is 3.54. The topological polar surface area (TPSA) is 135 Å². The Labute approximate surface area is 210 Å². The number of carboxylic acid groups (broad SMARTS) is 1. The van der Waals surface area contributed by atoms with Crippen molar-refractivity contribution in [3.63, 3.8) is 0 Å². The number of esters is 1. The number of hydrogen-bond acceptors (Lipinski definition) is 9. The van der Waals surface area contributed by atoms with Gasteiger partial charge in [0.25, 0.3) is 0 Å². The van der Waals surface area contributed by atoms with Crippen molar-refractivity contribution in [2.24, 2.45) is 0 Å². The van der Waals surface area contributed by atoms with Crippen molar-refractivity contribution in [2.75, 3.05) is 28.4 Å². The fraction of sp³-hybridized carbons (Fsp3) is 0.360. The first-order valence-electron chi connectivity index (χ1n) is 10.7. The number of carbonyl (C=O) groups excluding carboxylic acids is 1. The summed E-state index contributed by atoms with van der Waals surface area (Å²) in [4.78, 5) is 23.2. The minimum absolute atomic E-state index is 0.227. The van der Waals surface area contributed by atoms with Crippen LogP contribution >= 0.6 is 0 Å². The minimum atomic E-state index is -3.78. The molecule has 0 aromatic heterocycles. The number of aliphatic carboxylic acids is 1. The molecular weight excluding hydrogens is 492 g/mol. The van der Waals surface area contributed by atoms with Crippen molar-refractivity contribution in [2.45, 2.75) is 31.6 Å². The smallest absolute Gasteiger partial charge is 0.348 e. The van der Waals surface area contributed by atoms with E-state index in [-0.39, 0.29) is 12.2 Å². The maximum absolute atomic E-state index is 12.9. The van der Waals surface area contributed by atoms with Crippen LogP contribution in [0.2, 0.25) is 0 Å². The molecule has 0 amide bonds. The molecule has 0 aliphatic rings. The van der Waals surface area contributed by atoms with Crippen LogP contribution in [0, 0.1) is 0 Å². The zero-order valence-corrected chi connectivity index (χ0v) is 21.8. The molecule has 2 rings (SSSR count). The highest BCUT2D eigenvalue weighted by molar-refractivity contribution is 7.93. The van der Waals surface area contributed by atoms with Crippen LogP contribution < -0.4 is 18.9 Å². The van der Waals surface area contributed by atoms with E-state index in [4.69, 9.17) is 23.7 Å². The Hall–Kier alpha value is -3.73. The minimum Gasteiger partial charge on any atom is -0.496 e. The van der Waals surface area contributed by atoms with Gasteiger partial charge in [0.1, 0.15) is 23.0 Å². The van der Waals surface area contributed by atoms with Gasteiger partial charge in [0.2, 0.25) is 5.60 Å². The molecule has 2 aromatic carbocycles. The fourth-order valence-corrected chi connectivity index (χ4v) is 4.63. The molecule has 0 radical (unpaired) electrons. The number of ether oxygens (including phenoxy) is 5. The average molecular weight is 523 g/mol. The molecule has 0 aliphatic heterocycles. The van der Waals surface area contributed by atoms with Gasteiger partial charge in [-0.3, -0.25) is 4.79 Å². The van der Waals surface area contributed by atoms with Gasteiger partial charge in [-0.2, -0.15) is 0 Å². The van der Waals surface area contributed by atoms with Crippen molar-refractivity contribution in [1.82, 2.24) is 0 Å². The van der Waals surface area contributed by atoms with E-state index < -0.39 is 27.4 Å². The van der Waals surface area contributed by atoms with E-state index in [1.807, 2.05) is 0 Å². The lowest BCUT2D eigenvalue weighted by Crippen LogP contribution is -2.42. The third-order valence-electron chi connectivity index (χ3n) is 5.26. The molecule has 196 valence electrons. The lowest BCUT2D eigenvalue weighted by atomic mass is 9.94. The van der Waals surface area contributed by atoms with Crippen LogP contribution in [0.3, 0.4) is 0 Å². The highest BCUT2D eigenvalue weighted by atomic mass is 32.2. The van der Waals surface area contributed by atoms with Gasteiger partial charge in [-0.15, -0.1) is 0 Å². The Bertz CT molecular complexity index is 1220. The highest BCUT2D eigenvalue weighted by Crippen LogP contribution is 2.35. The van der Waals surface area contributed by atoms with E-state index in [9.17, 15) is 23.1 Å². The maximum atomic E-state index is 12.9. The molecule has 1 unspecified atom stereocenters. The number of carboxylic acids is 1. The summed E-state index contributed by atoms with van der Waals surface area (Å²) in [5.74, 6) is -0.935. The second kappa shape index (κ2) is 11.8. The van der Waals surface area contributed by atoms with Crippen molar-refractivity contribution in [3.05, 3.63) is 52.4 Å². The molecule has 1 N–H and O–H groups in total. The molecule has 1 atom stereocenters. The highest BCUT2D eigenvalue weighted by Gasteiger charge is 2.38. The first-order valence-corrected chi connectivity index (χ1v) is 12.4. The number of sulfone groups is 1.